The van der Waals surface area contributed by atoms with E-state index in [4.69, 9.17) is 27.9 Å². The number of carbonyl (C=O) groups is 1. The van der Waals surface area contributed by atoms with Gasteiger partial charge in [0.1, 0.15) is 12.4 Å². The fraction of sp³-hybridized carbons (Fsp3) is 0.438. The third-order valence-corrected chi connectivity index (χ3v) is 3.78. The number of hydrogen-bond acceptors (Lipinski definition) is 3. The summed E-state index contributed by atoms with van der Waals surface area (Å²) in [6.45, 7) is 6.26. The molecule has 22 heavy (non-hydrogen) atoms. The monoisotopic (exact) mass is 342 g/mol. The second-order valence-electron chi connectivity index (χ2n) is 5.52. The number of halogens is 2. The molecule has 0 aliphatic carbocycles. The summed E-state index contributed by atoms with van der Waals surface area (Å²) in [7, 11) is 0. The van der Waals surface area contributed by atoms with Crippen molar-refractivity contribution in [3.05, 3.63) is 33.3 Å². The minimum absolute atomic E-state index is 0.0143. The van der Waals surface area contributed by atoms with Gasteiger partial charge in [0, 0.05) is 36.1 Å². The number of ether oxygens (including phenoxy) is 1. The average Bonchev–Trinajstić information content (AvgIpc) is 2.45. The van der Waals surface area contributed by atoms with Crippen molar-refractivity contribution in [2.75, 3.05) is 26.2 Å². The highest BCUT2D eigenvalue weighted by molar-refractivity contribution is 6.36. The van der Waals surface area contributed by atoms with Crippen LogP contribution in [-0.4, -0.2) is 32.1 Å². The molecule has 0 spiro atoms. The number of nitrogens with one attached hydrogen (secondary N) is 2. The van der Waals surface area contributed by atoms with Crippen LogP contribution in [-0.2, 0) is 4.79 Å². The van der Waals surface area contributed by atoms with Crippen molar-refractivity contribution < 1.29 is 9.53 Å². The standard InChI is InChI=1S/C16H20Cl2N2O2/c1-10(2)16(21)20-4-3-19-8-11-5-12-6-13(17)7-14(18)15(12)22-9-11/h5-7,10,19H,3-4,8-9H2,1-2H3,(H,20,21). The number of hydrogen-bond donors (Lipinski definition) is 2. The lowest BCUT2D eigenvalue weighted by atomic mass is 10.1. The second-order valence-corrected chi connectivity index (χ2v) is 6.36. The quantitative estimate of drug-likeness (QED) is 0.781. The molecule has 1 heterocycles. The highest BCUT2D eigenvalue weighted by Gasteiger charge is 2.15. The first-order valence-electron chi connectivity index (χ1n) is 7.27. The fourth-order valence-electron chi connectivity index (χ4n) is 2.10. The number of fused-ring (bicyclic) bond motifs is 1. The second kappa shape index (κ2) is 7.86. The average molecular weight is 343 g/mol. The lowest BCUT2D eigenvalue weighted by Gasteiger charge is -2.19. The molecule has 1 aliphatic rings. The van der Waals surface area contributed by atoms with E-state index in [1.807, 2.05) is 26.0 Å². The van der Waals surface area contributed by atoms with Crippen LogP contribution < -0.4 is 15.4 Å². The first-order valence-corrected chi connectivity index (χ1v) is 8.02. The number of benzene rings is 1. The summed E-state index contributed by atoms with van der Waals surface area (Å²) in [5, 5.41) is 7.27. The molecule has 1 amide bonds. The zero-order valence-corrected chi connectivity index (χ0v) is 14.2. The molecule has 0 radical (unpaired) electrons. The maximum atomic E-state index is 11.4. The third-order valence-electron chi connectivity index (χ3n) is 3.28. The van der Waals surface area contributed by atoms with E-state index < -0.39 is 0 Å². The van der Waals surface area contributed by atoms with Crippen LogP contribution in [0.2, 0.25) is 10.0 Å². The van der Waals surface area contributed by atoms with Gasteiger partial charge in [0.2, 0.25) is 5.91 Å². The normalized spacial score (nSPS) is 13.4. The zero-order valence-electron chi connectivity index (χ0n) is 12.7. The smallest absolute Gasteiger partial charge is 0.222 e. The molecule has 0 atom stereocenters. The first-order chi connectivity index (χ1) is 10.5. The minimum atomic E-state index is 0.0143. The molecule has 6 heteroatoms. The van der Waals surface area contributed by atoms with Gasteiger partial charge < -0.3 is 15.4 Å². The van der Waals surface area contributed by atoms with E-state index in [0.717, 1.165) is 11.1 Å². The third kappa shape index (κ3) is 4.63. The molecule has 0 saturated heterocycles. The van der Waals surface area contributed by atoms with Crippen molar-refractivity contribution >= 4 is 35.2 Å². The van der Waals surface area contributed by atoms with Crippen molar-refractivity contribution in [2.24, 2.45) is 5.92 Å². The van der Waals surface area contributed by atoms with Crippen LogP contribution in [0.3, 0.4) is 0 Å². The molecule has 1 aromatic carbocycles. The molecule has 0 saturated carbocycles. The van der Waals surface area contributed by atoms with Crippen LogP contribution in [0.25, 0.3) is 6.08 Å². The summed E-state index contributed by atoms with van der Waals surface area (Å²) >= 11 is 12.1. The Kier molecular flexibility index (Phi) is 6.12. The maximum Gasteiger partial charge on any atom is 0.222 e. The van der Waals surface area contributed by atoms with Crippen LogP contribution >= 0.6 is 23.2 Å². The van der Waals surface area contributed by atoms with Crippen molar-refractivity contribution in [3.63, 3.8) is 0 Å². The van der Waals surface area contributed by atoms with Gasteiger partial charge in [-0.15, -0.1) is 0 Å². The summed E-state index contributed by atoms with van der Waals surface area (Å²) in [5.41, 5.74) is 2.01. The molecular weight excluding hydrogens is 323 g/mol. The first kappa shape index (κ1) is 17.1. The van der Waals surface area contributed by atoms with Gasteiger partial charge in [-0.05, 0) is 23.8 Å². The highest BCUT2D eigenvalue weighted by atomic mass is 35.5. The molecule has 0 aromatic heterocycles. The predicted octanol–water partition coefficient (Wildman–Crippen LogP) is 3.13. The lowest BCUT2D eigenvalue weighted by Crippen LogP contribution is -2.35. The van der Waals surface area contributed by atoms with E-state index in [2.05, 4.69) is 10.6 Å². The Hall–Kier alpha value is -1.23. The van der Waals surface area contributed by atoms with E-state index in [0.29, 0.717) is 42.0 Å². The van der Waals surface area contributed by atoms with Crippen molar-refractivity contribution in [1.82, 2.24) is 10.6 Å². The summed E-state index contributed by atoms with van der Waals surface area (Å²) in [6.07, 6.45) is 2.04. The van der Waals surface area contributed by atoms with Gasteiger partial charge in [-0.25, -0.2) is 0 Å². The maximum absolute atomic E-state index is 11.4. The van der Waals surface area contributed by atoms with E-state index in [9.17, 15) is 4.79 Å². The molecule has 0 bridgehead atoms. The van der Waals surface area contributed by atoms with Crippen molar-refractivity contribution in [3.8, 4) is 5.75 Å². The molecule has 0 fully saturated rings. The van der Waals surface area contributed by atoms with Gasteiger partial charge >= 0.3 is 0 Å². The Bertz CT molecular complexity index is 586. The Labute approximate surface area is 140 Å². The van der Waals surface area contributed by atoms with Gasteiger partial charge in [0.25, 0.3) is 0 Å². The number of amides is 1. The minimum Gasteiger partial charge on any atom is -0.487 e. The van der Waals surface area contributed by atoms with Gasteiger partial charge in [0.05, 0.1) is 5.02 Å². The highest BCUT2D eigenvalue weighted by Crippen LogP contribution is 2.36. The summed E-state index contributed by atoms with van der Waals surface area (Å²) < 4.78 is 5.68. The summed E-state index contributed by atoms with van der Waals surface area (Å²) in [4.78, 5) is 11.4. The fourth-order valence-corrected chi connectivity index (χ4v) is 2.66. The Morgan fingerprint density at radius 2 is 2.09 bits per heavy atom. The van der Waals surface area contributed by atoms with Gasteiger partial charge in [-0.1, -0.05) is 37.0 Å². The SMILES string of the molecule is CC(C)C(=O)NCCNCC1=Cc2cc(Cl)cc(Cl)c2OC1. The molecule has 2 N–H and O–H groups in total. The van der Waals surface area contributed by atoms with Gasteiger partial charge in [0.15, 0.2) is 0 Å². The summed E-state index contributed by atoms with van der Waals surface area (Å²) in [5.74, 6) is 0.764. The van der Waals surface area contributed by atoms with Crippen LogP contribution in [0.15, 0.2) is 17.7 Å². The molecule has 1 aliphatic heterocycles. The number of rotatable bonds is 6. The van der Waals surface area contributed by atoms with E-state index in [1.165, 1.54) is 0 Å². The van der Waals surface area contributed by atoms with E-state index in [1.54, 1.807) is 6.07 Å². The Morgan fingerprint density at radius 1 is 1.32 bits per heavy atom. The van der Waals surface area contributed by atoms with Crippen molar-refractivity contribution in [2.45, 2.75) is 13.8 Å². The van der Waals surface area contributed by atoms with Crippen LogP contribution in [0.4, 0.5) is 0 Å². The molecule has 4 nitrogen and oxygen atoms in total. The van der Waals surface area contributed by atoms with Crippen LogP contribution in [0.1, 0.15) is 19.4 Å². The molecule has 2 rings (SSSR count). The largest absolute Gasteiger partial charge is 0.487 e. The molecular formula is C16H20Cl2N2O2. The van der Waals surface area contributed by atoms with Crippen LogP contribution in [0, 0.1) is 5.92 Å². The van der Waals surface area contributed by atoms with E-state index in [-0.39, 0.29) is 11.8 Å². The molecule has 120 valence electrons. The number of carbonyl (C=O) groups excluding carboxylic acids is 1. The lowest BCUT2D eigenvalue weighted by molar-refractivity contribution is -0.123. The van der Waals surface area contributed by atoms with Gasteiger partial charge in [-0.3, -0.25) is 4.79 Å². The van der Waals surface area contributed by atoms with Crippen LogP contribution in [0.5, 0.6) is 5.75 Å². The molecule has 0 unspecified atom stereocenters. The van der Waals surface area contributed by atoms with E-state index >= 15 is 0 Å². The van der Waals surface area contributed by atoms with Crippen molar-refractivity contribution in [1.29, 1.82) is 0 Å². The predicted molar refractivity (Wildman–Crippen MR) is 90.7 cm³/mol. The topological polar surface area (TPSA) is 50.4 Å². The van der Waals surface area contributed by atoms with Gasteiger partial charge in [-0.2, -0.15) is 0 Å². The summed E-state index contributed by atoms with van der Waals surface area (Å²) in [6, 6.07) is 3.52. The Morgan fingerprint density at radius 3 is 2.82 bits per heavy atom. The molecule has 1 aromatic rings. The Balaban J connectivity index is 1.82. The zero-order chi connectivity index (χ0) is 16.1.